The van der Waals surface area contributed by atoms with Crippen LogP contribution in [0.4, 0.5) is 15.8 Å². The summed E-state index contributed by atoms with van der Waals surface area (Å²) in [6.45, 7) is 3.62. The molecule has 8 heteroatoms. The molecule has 1 aliphatic heterocycles. The van der Waals surface area contributed by atoms with Crippen LogP contribution in [0.5, 0.6) is 0 Å². The molecule has 29 heavy (non-hydrogen) atoms. The second kappa shape index (κ2) is 8.82. The standard InChI is InChI=1S/C21H26FN3O3S/c1-3-19(25(29(2,27)28)17-9-5-4-6-10-17)21(26)24-15-13-23(14-16-24)20-12-8-7-11-18(20)22/h4-12,19H,3,13-16H2,1-2H3. The van der Waals surface area contributed by atoms with Crippen LogP contribution >= 0.6 is 0 Å². The molecule has 1 fully saturated rings. The summed E-state index contributed by atoms with van der Waals surface area (Å²) in [5.41, 5.74) is 0.994. The van der Waals surface area contributed by atoms with E-state index in [2.05, 4.69) is 0 Å². The summed E-state index contributed by atoms with van der Waals surface area (Å²) in [6.07, 6.45) is 1.47. The van der Waals surface area contributed by atoms with Crippen molar-refractivity contribution in [1.82, 2.24) is 4.90 Å². The molecule has 156 valence electrons. The summed E-state index contributed by atoms with van der Waals surface area (Å²) >= 11 is 0. The molecule has 2 aromatic rings. The van der Waals surface area contributed by atoms with E-state index in [0.717, 1.165) is 6.26 Å². The van der Waals surface area contributed by atoms with Crippen LogP contribution in [0.2, 0.25) is 0 Å². The number of para-hydroxylation sites is 2. The summed E-state index contributed by atoms with van der Waals surface area (Å²) in [5.74, 6) is -0.513. The van der Waals surface area contributed by atoms with Gasteiger partial charge in [0, 0.05) is 26.2 Å². The van der Waals surface area contributed by atoms with Crippen LogP contribution in [0.3, 0.4) is 0 Å². The van der Waals surface area contributed by atoms with Gasteiger partial charge >= 0.3 is 0 Å². The van der Waals surface area contributed by atoms with Crippen LogP contribution in [0.25, 0.3) is 0 Å². The number of hydrogen-bond donors (Lipinski definition) is 0. The van der Waals surface area contributed by atoms with Gasteiger partial charge in [0.05, 0.1) is 17.6 Å². The van der Waals surface area contributed by atoms with Gasteiger partial charge in [-0.15, -0.1) is 0 Å². The van der Waals surface area contributed by atoms with Gasteiger partial charge < -0.3 is 9.80 Å². The Hall–Kier alpha value is -2.61. The Morgan fingerprint density at radius 3 is 2.17 bits per heavy atom. The minimum atomic E-state index is -3.65. The Bertz CT molecular complexity index is 945. The number of amides is 1. The summed E-state index contributed by atoms with van der Waals surface area (Å²) < 4.78 is 40.2. The number of rotatable bonds is 6. The lowest BCUT2D eigenvalue weighted by molar-refractivity contribution is -0.132. The van der Waals surface area contributed by atoms with Gasteiger partial charge in [0.15, 0.2) is 0 Å². The van der Waals surface area contributed by atoms with Crippen LogP contribution in [-0.4, -0.2) is 57.7 Å². The second-order valence-electron chi connectivity index (χ2n) is 7.08. The fraction of sp³-hybridized carbons (Fsp3) is 0.381. The van der Waals surface area contributed by atoms with Crippen molar-refractivity contribution in [2.75, 3.05) is 41.6 Å². The van der Waals surface area contributed by atoms with E-state index in [1.165, 1.54) is 10.4 Å². The highest BCUT2D eigenvalue weighted by molar-refractivity contribution is 7.92. The topological polar surface area (TPSA) is 60.9 Å². The first-order chi connectivity index (χ1) is 13.8. The number of nitrogens with zero attached hydrogens (tertiary/aromatic N) is 3. The first-order valence-electron chi connectivity index (χ1n) is 9.65. The SMILES string of the molecule is CCC(C(=O)N1CCN(c2ccccc2F)CC1)N(c1ccccc1)S(C)(=O)=O. The molecule has 0 aliphatic carbocycles. The molecule has 1 atom stereocenters. The molecular formula is C21H26FN3O3S. The van der Waals surface area contributed by atoms with Crippen LogP contribution in [0, 0.1) is 5.82 Å². The third kappa shape index (κ3) is 4.70. The van der Waals surface area contributed by atoms with E-state index >= 15 is 0 Å². The number of piperazine rings is 1. The lowest BCUT2D eigenvalue weighted by atomic mass is 10.1. The van der Waals surface area contributed by atoms with Gasteiger partial charge in [-0.2, -0.15) is 0 Å². The van der Waals surface area contributed by atoms with Crippen LogP contribution in [0.1, 0.15) is 13.3 Å². The predicted molar refractivity (Wildman–Crippen MR) is 113 cm³/mol. The molecule has 0 N–H and O–H groups in total. The van der Waals surface area contributed by atoms with Crippen molar-refractivity contribution in [3.63, 3.8) is 0 Å². The highest BCUT2D eigenvalue weighted by Gasteiger charge is 2.35. The van der Waals surface area contributed by atoms with Crippen molar-refractivity contribution >= 4 is 27.3 Å². The Morgan fingerprint density at radius 1 is 1.03 bits per heavy atom. The van der Waals surface area contributed by atoms with Gasteiger partial charge in [-0.25, -0.2) is 12.8 Å². The zero-order chi connectivity index (χ0) is 21.0. The van der Waals surface area contributed by atoms with E-state index in [1.54, 1.807) is 60.4 Å². The van der Waals surface area contributed by atoms with E-state index in [4.69, 9.17) is 0 Å². The molecule has 6 nitrogen and oxygen atoms in total. The quantitative estimate of drug-likeness (QED) is 0.722. The van der Waals surface area contributed by atoms with Gasteiger partial charge in [-0.3, -0.25) is 9.10 Å². The molecule has 0 aromatic heterocycles. The van der Waals surface area contributed by atoms with Crippen molar-refractivity contribution in [1.29, 1.82) is 0 Å². The third-order valence-electron chi connectivity index (χ3n) is 5.11. The average Bonchev–Trinajstić information content (AvgIpc) is 2.71. The first kappa shape index (κ1) is 21.1. The van der Waals surface area contributed by atoms with Gasteiger partial charge in [-0.05, 0) is 30.7 Å². The Balaban J connectivity index is 1.77. The van der Waals surface area contributed by atoms with Crippen molar-refractivity contribution in [2.45, 2.75) is 19.4 Å². The molecule has 2 aromatic carbocycles. The summed E-state index contributed by atoms with van der Waals surface area (Å²) in [7, 11) is -3.65. The second-order valence-corrected chi connectivity index (χ2v) is 8.94. The Labute approximate surface area is 171 Å². The lowest BCUT2D eigenvalue weighted by Gasteiger charge is -2.39. The molecule has 1 heterocycles. The third-order valence-corrected chi connectivity index (χ3v) is 6.29. The van der Waals surface area contributed by atoms with E-state index in [9.17, 15) is 17.6 Å². The monoisotopic (exact) mass is 419 g/mol. The van der Waals surface area contributed by atoms with Gasteiger partial charge in [0.1, 0.15) is 11.9 Å². The number of carbonyl (C=O) groups excluding carboxylic acids is 1. The largest absolute Gasteiger partial charge is 0.366 e. The summed E-state index contributed by atoms with van der Waals surface area (Å²) in [5, 5.41) is 0. The van der Waals surface area contributed by atoms with Crippen LogP contribution in [0.15, 0.2) is 54.6 Å². The van der Waals surface area contributed by atoms with E-state index in [0.29, 0.717) is 44.0 Å². The fourth-order valence-electron chi connectivity index (χ4n) is 3.70. The number of hydrogen-bond acceptors (Lipinski definition) is 4. The Kier molecular flexibility index (Phi) is 6.42. The molecule has 0 bridgehead atoms. The fourth-order valence-corrected chi connectivity index (χ4v) is 4.91. The summed E-state index contributed by atoms with van der Waals surface area (Å²) in [4.78, 5) is 16.8. The minimum absolute atomic E-state index is 0.227. The number of benzene rings is 2. The molecular weight excluding hydrogens is 393 g/mol. The van der Waals surface area contributed by atoms with Gasteiger partial charge in [0.25, 0.3) is 0 Å². The number of anilines is 2. The Morgan fingerprint density at radius 2 is 1.62 bits per heavy atom. The van der Waals surface area contributed by atoms with E-state index in [1.807, 2.05) is 4.90 Å². The van der Waals surface area contributed by atoms with Crippen molar-refractivity contribution < 1.29 is 17.6 Å². The smallest absolute Gasteiger partial charge is 0.246 e. The molecule has 1 saturated heterocycles. The van der Waals surface area contributed by atoms with Crippen molar-refractivity contribution in [3.8, 4) is 0 Å². The highest BCUT2D eigenvalue weighted by Crippen LogP contribution is 2.25. The number of carbonyl (C=O) groups is 1. The molecule has 1 unspecified atom stereocenters. The van der Waals surface area contributed by atoms with Crippen LogP contribution in [-0.2, 0) is 14.8 Å². The van der Waals surface area contributed by atoms with Gasteiger partial charge in [-0.1, -0.05) is 37.3 Å². The van der Waals surface area contributed by atoms with Crippen molar-refractivity contribution in [2.24, 2.45) is 0 Å². The number of halogens is 1. The maximum absolute atomic E-state index is 14.0. The lowest BCUT2D eigenvalue weighted by Crippen LogP contribution is -2.56. The molecule has 0 saturated carbocycles. The maximum Gasteiger partial charge on any atom is 0.246 e. The van der Waals surface area contributed by atoms with Crippen molar-refractivity contribution in [3.05, 3.63) is 60.4 Å². The maximum atomic E-state index is 14.0. The highest BCUT2D eigenvalue weighted by atomic mass is 32.2. The molecule has 3 rings (SSSR count). The predicted octanol–water partition coefficient (Wildman–Crippen LogP) is 2.72. The molecule has 0 radical (unpaired) electrons. The molecule has 1 aliphatic rings. The molecule has 1 amide bonds. The molecule has 0 spiro atoms. The van der Waals surface area contributed by atoms with E-state index in [-0.39, 0.29) is 11.7 Å². The van der Waals surface area contributed by atoms with E-state index < -0.39 is 16.1 Å². The van der Waals surface area contributed by atoms with Gasteiger partial charge in [0.2, 0.25) is 15.9 Å². The first-order valence-corrected chi connectivity index (χ1v) is 11.5. The number of sulfonamides is 1. The van der Waals surface area contributed by atoms with Crippen LogP contribution < -0.4 is 9.21 Å². The minimum Gasteiger partial charge on any atom is -0.366 e. The normalized spacial score (nSPS) is 15.8. The zero-order valence-corrected chi connectivity index (χ0v) is 17.5. The average molecular weight is 420 g/mol. The summed E-state index contributed by atoms with van der Waals surface area (Å²) in [6, 6.07) is 14.4. The zero-order valence-electron chi connectivity index (χ0n) is 16.7.